The maximum atomic E-state index is 12.7. The molecule has 0 aliphatic carbocycles. The van der Waals surface area contributed by atoms with E-state index in [-0.39, 0.29) is 17.4 Å². The molecular formula is C10H13FN2O2S. The topological polar surface area (TPSA) is 59.1 Å². The Hall–Kier alpha value is -1.17. The first-order valence-corrected chi connectivity index (χ1v) is 6.94. The van der Waals surface area contributed by atoms with Crippen LogP contribution >= 0.6 is 0 Å². The van der Waals surface area contributed by atoms with Gasteiger partial charge in [0.05, 0.1) is 11.5 Å². The first-order valence-electron chi connectivity index (χ1n) is 5.12. The van der Waals surface area contributed by atoms with Crippen LogP contribution in [0.5, 0.6) is 0 Å². The van der Waals surface area contributed by atoms with Crippen LogP contribution in [0.15, 0.2) is 18.2 Å². The minimum Gasteiger partial charge on any atom is -0.370 e. The van der Waals surface area contributed by atoms with E-state index < -0.39 is 15.8 Å². The lowest BCUT2D eigenvalue weighted by Crippen LogP contribution is -2.16. The summed E-state index contributed by atoms with van der Waals surface area (Å²) in [6, 6.07) is 4.49. The van der Waals surface area contributed by atoms with E-state index in [2.05, 4.69) is 10.3 Å². The number of pyridine rings is 1. The smallest absolute Gasteiger partial charge is 0.214 e. The fraction of sp³-hybridized carbons (Fsp3) is 0.500. The van der Waals surface area contributed by atoms with Gasteiger partial charge in [-0.15, -0.1) is 0 Å². The summed E-state index contributed by atoms with van der Waals surface area (Å²) in [4.78, 5) is 3.64. The monoisotopic (exact) mass is 244 g/mol. The summed E-state index contributed by atoms with van der Waals surface area (Å²) in [5.41, 5.74) is 0. The molecule has 88 valence electrons. The summed E-state index contributed by atoms with van der Waals surface area (Å²) in [6.07, 6.45) is 0.671. The Balaban J connectivity index is 1.89. The number of nitrogens with one attached hydrogen (secondary N) is 1. The highest BCUT2D eigenvalue weighted by Crippen LogP contribution is 2.18. The van der Waals surface area contributed by atoms with E-state index in [1.54, 1.807) is 12.1 Å². The van der Waals surface area contributed by atoms with Crippen molar-refractivity contribution in [3.8, 4) is 0 Å². The molecule has 1 aliphatic rings. The normalized spacial score (nSPS) is 23.2. The second-order valence-corrected chi connectivity index (χ2v) is 6.22. The van der Waals surface area contributed by atoms with E-state index >= 15 is 0 Å². The van der Waals surface area contributed by atoms with Crippen molar-refractivity contribution >= 4 is 15.7 Å². The van der Waals surface area contributed by atoms with Gasteiger partial charge in [-0.3, -0.25) is 0 Å². The molecule has 1 saturated heterocycles. The molecule has 2 rings (SSSR count). The zero-order valence-corrected chi connectivity index (χ0v) is 9.50. The number of nitrogens with zero attached hydrogens (tertiary/aromatic N) is 1. The third-order valence-corrected chi connectivity index (χ3v) is 4.45. The van der Waals surface area contributed by atoms with E-state index in [9.17, 15) is 12.8 Å². The Kier molecular flexibility index (Phi) is 3.09. The van der Waals surface area contributed by atoms with Crippen molar-refractivity contribution in [3.63, 3.8) is 0 Å². The largest absolute Gasteiger partial charge is 0.370 e. The molecule has 0 amide bonds. The van der Waals surface area contributed by atoms with Crippen molar-refractivity contribution in [2.75, 3.05) is 23.4 Å². The van der Waals surface area contributed by atoms with Crippen molar-refractivity contribution in [3.05, 3.63) is 24.1 Å². The van der Waals surface area contributed by atoms with E-state index in [1.807, 2.05) is 0 Å². The van der Waals surface area contributed by atoms with E-state index in [0.717, 1.165) is 0 Å². The second-order valence-electron chi connectivity index (χ2n) is 4.00. The van der Waals surface area contributed by atoms with Gasteiger partial charge in [-0.1, -0.05) is 6.07 Å². The molecule has 4 nitrogen and oxygen atoms in total. The first kappa shape index (κ1) is 11.3. The number of rotatable bonds is 3. The molecule has 0 spiro atoms. The average molecular weight is 244 g/mol. The highest BCUT2D eigenvalue weighted by molar-refractivity contribution is 7.91. The SMILES string of the molecule is O=S1(=O)CCC(CNc2cccc(F)n2)C1. The lowest BCUT2D eigenvalue weighted by atomic mass is 10.1. The van der Waals surface area contributed by atoms with Gasteiger partial charge in [0, 0.05) is 6.54 Å². The molecule has 1 unspecified atom stereocenters. The van der Waals surface area contributed by atoms with Crippen LogP contribution in [0.2, 0.25) is 0 Å². The lowest BCUT2D eigenvalue weighted by molar-refractivity contribution is 0.580. The average Bonchev–Trinajstić information content (AvgIpc) is 2.56. The maximum Gasteiger partial charge on any atom is 0.214 e. The van der Waals surface area contributed by atoms with Crippen molar-refractivity contribution in [2.24, 2.45) is 5.92 Å². The molecular weight excluding hydrogens is 231 g/mol. The molecule has 2 heterocycles. The Labute approximate surface area is 93.8 Å². The van der Waals surface area contributed by atoms with Crippen LogP contribution in [0.25, 0.3) is 0 Å². The molecule has 6 heteroatoms. The number of sulfone groups is 1. The predicted octanol–water partition coefficient (Wildman–Crippen LogP) is 1.07. The summed E-state index contributed by atoms with van der Waals surface area (Å²) in [5, 5.41) is 2.95. The van der Waals surface area contributed by atoms with Crippen molar-refractivity contribution in [2.45, 2.75) is 6.42 Å². The fourth-order valence-electron chi connectivity index (χ4n) is 1.79. The third kappa shape index (κ3) is 2.91. The zero-order valence-electron chi connectivity index (χ0n) is 8.69. The van der Waals surface area contributed by atoms with Gasteiger partial charge in [-0.05, 0) is 24.5 Å². The number of halogens is 1. The van der Waals surface area contributed by atoms with Crippen molar-refractivity contribution < 1.29 is 12.8 Å². The minimum atomic E-state index is -2.84. The summed E-state index contributed by atoms with van der Waals surface area (Å²) >= 11 is 0. The Morgan fingerprint density at radius 1 is 1.50 bits per heavy atom. The highest BCUT2D eigenvalue weighted by atomic mass is 32.2. The Morgan fingerprint density at radius 2 is 2.31 bits per heavy atom. The standard InChI is InChI=1S/C10H13FN2O2S/c11-9-2-1-3-10(13-9)12-6-8-4-5-16(14,15)7-8/h1-3,8H,4-7H2,(H,12,13). The quantitative estimate of drug-likeness (QED) is 0.808. The summed E-state index contributed by atoms with van der Waals surface area (Å²) < 4.78 is 35.1. The van der Waals surface area contributed by atoms with Gasteiger partial charge in [0.25, 0.3) is 0 Å². The molecule has 1 aliphatic heterocycles. The molecule has 16 heavy (non-hydrogen) atoms. The molecule has 0 radical (unpaired) electrons. The van der Waals surface area contributed by atoms with Gasteiger partial charge in [0.1, 0.15) is 5.82 Å². The van der Waals surface area contributed by atoms with Crippen molar-refractivity contribution in [1.29, 1.82) is 0 Å². The first-order chi connectivity index (χ1) is 7.55. The molecule has 1 fully saturated rings. The number of hydrogen-bond donors (Lipinski definition) is 1. The Bertz CT molecular complexity index is 475. The predicted molar refractivity (Wildman–Crippen MR) is 59.4 cm³/mol. The van der Waals surface area contributed by atoms with Gasteiger partial charge >= 0.3 is 0 Å². The summed E-state index contributed by atoms with van der Waals surface area (Å²) in [5.74, 6) is 0.494. The van der Waals surface area contributed by atoms with Crippen LogP contribution in [0.4, 0.5) is 10.2 Å². The minimum absolute atomic E-state index is 0.107. The maximum absolute atomic E-state index is 12.7. The van der Waals surface area contributed by atoms with E-state index in [4.69, 9.17) is 0 Å². The third-order valence-electron chi connectivity index (χ3n) is 2.61. The molecule has 0 bridgehead atoms. The summed E-state index contributed by atoms with van der Waals surface area (Å²) in [7, 11) is -2.84. The fourth-order valence-corrected chi connectivity index (χ4v) is 3.65. The van der Waals surface area contributed by atoms with Crippen LogP contribution in [0, 0.1) is 11.9 Å². The van der Waals surface area contributed by atoms with E-state index in [0.29, 0.717) is 18.8 Å². The molecule has 0 saturated carbocycles. The van der Waals surface area contributed by atoms with Gasteiger partial charge in [0.15, 0.2) is 9.84 Å². The number of hydrogen-bond acceptors (Lipinski definition) is 4. The van der Waals surface area contributed by atoms with Crippen LogP contribution in [-0.2, 0) is 9.84 Å². The number of aromatic nitrogens is 1. The molecule has 1 aromatic rings. The van der Waals surface area contributed by atoms with Gasteiger partial charge in [-0.2, -0.15) is 4.39 Å². The molecule has 0 aromatic carbocycles. The second kappa shape index (κ2) is 4.37. The van der Waals surface area contributed by atoms with Crippen LogP contribution < -0.4 is 5.32 Å². The Morgan fingerprint density at radius 3 is 2.94 bits per heavy atom. The van der Waals surface area contributed by atoms with Gasteiger partial charge in [0.2, 0.25) is 5.95 Å². The van der Waals surface area contributed by atoms with Gasteiger partial charge < -0.3 is 5.32 Å². The van der Waals surface area contributed by atoms with Crippen LogP contribution in [0.1, 0.15) is 6.42 Å². The number of anilines is 1. The van der Waals surface area contributed by atoms with Gasteiger partial charge in [-0.25, -0.2) is 13.4 Å². The zero-order chi connectivity index (χ0) is 11.6. The van der Waals surface area contributed by atoms with Crippen LogP contribution in [0.3, 0.4) is 0 Å². The molecule has 1 aromatic heterocycles. The van der Waals surface area contributed by atoms with Crippen molar-refractivity contribution in [1.82, 2.24) is 4.98 Å². The lowest BCUT2D eigenvalue weighted by Gasteiger charge is -2.09. The van der Waals surface area contributed by atoms with E-state index in [1.165, 1.54) is 6.07 Å². The van der Waals surface area contributed by atoms with Crippen LogP contribution in [-0.4, -0.2) is 31.5 Å². The highest BCUT2D eigenvalue weighted by Gasteiger charge is 2.27. The molecule has 1 N–H and O–H groups in total. The summed E-state index contributed by atoms with van der Waals surface area (Å²) in [6.45, 7) is 0.523. The molecule has 1 atom stereocenters.